The molecule has 3 nitrogen and oxygen atoms in total. The minimum absolute atomic E-state index is 0.406. The van der Waals surface area contributed by atoms with Crippen molar-refractivity contribution in [2.45, 2.75) is 19.8 Å². The SMILES string of the molecule is CC(C)c1nc2cc(C(N)=O)ccc2s1. The third-order valence-corrected chi connectivity index (χ3v) is 3.52. The molecular weight excluding hydrogens is 208 g/mol. The Morgan fingerprint density at radius 3 is 2.80 bits per heavy atom. The van der Waals surface area contributed by atoms with Gasteiger partial charge in [-0.3, -0.25) is 4.79 Å². The van der Waals surface area contributed by atoms with E-state index in [9.17, 15) is 4.79 Å². The zero-order valence-electron chi connectivity index (χ0n) is 8.65. The average Bonchev–Trinajstić information content (AvgIpc) is 2.59. The highest BCUT2D eigenvalue weighted by Gasteiger charge is 2.09. The zero-order valence-corrected chi connectivity index (χ0v) is 9.47. The minimum Gasteiger partial charge on any atom is -0.366 e. The van der Waals surface area contributed by atoms with Gasteiger partial charge in [-0.25, -0.2) is 4.98 Å². The van der Waals surface area contributed by atoms with Crippen LogP contribution < -0.4 is 5.73 Å². The highest BCUT2D eigenvalue weighted by molar-refractivity contribution is 7.18. The number of hydrogen-bond acceptors (Lipinski definition) is 3. The van der Waals surface area contributed by atoms with E-state index in [1.54, 1.807) is 23.5 Å². The van der Waals surface area contributed by atoms with Gasteiger partial charge >= 0.3 is 0 Å². The van der Waals surface area contributed by atoms with Gasteiger partial charge in [0, 0.05) is 11.5 Å². The van der Waals surface area contributed by atoms with Gasteiger partial charge in [0.1, 0.15) is 0 Å². The fraction of sp³-hybridized carbons (Fsp3) is 0.273. The Hall–Kier alpha value is -1.42. The third-order valence-electron chi connectivity index (χ3n) is 2.18. The molecule has 0 atom stereocenters. The molecule has 0 fully saturated rings. The van der Waals surface area contributed by atoms with Crippen LogP contribution in [0.2, 0.25) is 0 Å². The Morgan fingerprint density at radius 2 is 2.20 bits per heavy atom. The van der Waals surface area contributed by atoms with Crippen LogP contribution in [0.1, 0.15) is 35.1 Å². The first-order chi connectivity index (χ1) is 7.08. The van der Waals surface area contributed by atoms with Gasteiger partial charge in [0.05, 0.1) is 15.2 Å². The number of benzene rings is 1. The summed E-state index contributed by atoms with van der Waals surface area (Å²) in [6, 6.07) is 5.39. The molecule has 2 rings (SSSR count). The van der Waals surface area contributed by atoms with Crippen molar-refractivity contribution in [3.05, 3.63) is 28.8 Å². The number of nitrogens with zero attached hydrogens (tertiary/aromatic N) is 1. The predicted molar refractivity (Wildman–Crippen MR) is 62.2 cm³/mol. The average molecular weight is 220 g/mol. The number of primary amides is 1. The van der Waals surface area contributed by atoms with E-state index < -0.39 is 5.91 Å². The lowest BCUT2D eigenvalue weighted by atomic mass is 10.2. The van der Waals surface area contributed by atoms with Crippen molar-refractivity contribution < 1.29 is 4.79 Å². The van der Waals surface area contributed by atoms with E-state index in [4.69, 9.17) is 5.73 Å². The van der Waals surface area contributed by atoms with E-state index >= 15 is 0 Å². The van der Waals surface area contributed by atoms with Gasteiger partial charge in [0.15, 0.2) is 0 Å². The fourth-order valence-electron chi connectivity index (χ4n) is 1.35. The highest BCUT2D eigenvalue weighted by atomic mass is 32.1. The monoisotopic (exact) mass is 220 g/mol. The van der Waals surface area contributed by atoms with Crippen molar-refractivity contribution in [3.63, 3.8) is 0 Å². The van der Waals surface area contributed by atoms with Crippen LogP contribution in [-0.4, -0.2) is 10.9 Å². The molecule has 0 aliphatic rings. The van der Waals surface area contributed by atoms with E-state index in [0.717, 1.165) is 15.2 Å². The molecule has 0 saturated carbocycles. The Labute approximate surface area is 91.9 Å². The van der Waals surface area contributed by atoms with Gasteiger partial charge in [-0.15, -0.1) is 11.3 Å². The lowest BCUT2D eigenvalue weighted by Gasteiger charge is -1.94. The molecule has 0 aliphatic heterocycles. The van der Waals surface area contributed by atoms with E-state index in [1.807, 2.05) is 6.07 Å². The summed E-state index contributed by atoms with van der Waals surface area (Å²) in [5, 5.41) is 1.09. The number of hydrogen-bond donors (Lipinski definition) is 1. The van der Waals surface area contributed by atoms with Crippen LogP contribution in [0.15, 0.2) is 18.2 Å². The first-order valence-electron chi connectivity index (χ1n) is 4.78. The molecule has 15 heavy (non-hydrogen) atoms. The fourth-order valence-corrected chi connectivity index (χ4v) is 2.30. The molecular formula is C11H12N2OS. The van der Waals surface area contributed by atoms with Crippen molar-refractivity contribution >= 4 is 27.5 Å². The Bertz CT molecular complexity index is 516. The van der Waals surface area contributed by atoms with Crippen molar-refractivity contribution in [2.24, 2.45) is 5.73 Å². The summed E-state index contributed by atoms with van der Waals surface area (Å²) in [4.78, 5) is 15.4. The van der Waals surface area contributed by atoms with E-state index in [1.165, 1.54) is 0 Å². The van der Waals surface area contributed by atoms with Gasteiger partial charge in [0.25, 0.3) is 0 Å². The molecule has 0 saturated heterocycles. The van der Waals surface area contributed by atoms with E-state index in [-0.39, 0.29) is 0 Å². The second-order valence-electron chi connectivity index (χ2n) is 3.75. The van der Waals surface area contributed by atoms with Crippen LogP contribution in [0.3, 0.4) is 0 Å². The number of rotatable bonds is 2. The highest BCUT2D eigenvalue weighted by Crippen LogP contribution is 2.27. The van der Waals surface area contributed by atoms with Crippen LogP contribution in [0, 0.1) is 0 Å². The summed E-state index contributed by atoms with van der Waals surface area (Å²) in [5.74, 6) is 0.00965. The number of amides is 1. The molecule has 1 aromatic heterocycles. The number of thiazole rings is 1. The predicted octanol–water partition coefficient (Wildman–Crippen LogP) is 2.52. The quantitative estimate of drug-likeness (QED) is 0.845. The third kappa shape index (κ3) is 1.85. The van der Waals surface area contributed by atoms with Crippen LogP contribution >= 0.6 is 11.3 Å². The van der Waals surface area contributed by atoms with Gasteiger partial charge in [-0.05, 0) is 18.2 Å². The molecule has 0 spiro atoms. The summed E-state index contributed by atoms with van der Waals surface area (Å²) in [7, 11) is 0. The van der Waals surface area contributed by atoms with E-state index in [0.29, 0.717) is 11.5 Å². The van der Waals surface area contributed by atoms with Gasteiger partial charge in [-0.2, -0.15) is 0 Å². The van der Waals surface area contributed by atoms with Gasteiger partial charge in [0.2, 0.25) is 5.91 Å². The number of fused-ring (bicyclic) bond motifs is 1. The molecule has 0 radical (unpaired) electrons. The molecule has 0 bridgehead atoms. The Kier molecular flexibility index (Phi) is 2.44. The normalized spacial score (nSPS) is 11.1. The maximum absolute atomic E-state index is 11.0. The molecule has 0 aliphatic carbocycles. The Balaban J connectivity index is 2.57. The standard InChI is InChI=1S/C11H12N2OS/c1-6(2)11-13-8-5-7(10(12)14)3-4-9(8)15-11/h3-6H,1-2H3,(H2,12,14). The second kappa shape index (κ2) is 3.62. The van der Waals surface area contributed by atoms with Gasteiger partial charge < -0.3 is 5.73 Å². The zero-order chi connectivity index (χ0) is 11.0. The van der Waals surface area contributed by atoms with Crippen molar-refractivity contribution in [2.75, 3.05) is 0 Å². The molecule has 1 heterocycles. The number of aromatic nitrogens is 1. The summed E-state index contributed by atoms with van der Waals surface area (Å²) in [6.07, 6.45) is 0. The molecule has 4 heteroatoms. The number of nitrogens with two attached hydrogens (primary N) is 1. The number of carbonyl (C=O) groups is 1. The molecule has 2 N–H and O–H groups in total. The largest absolute Gasteiger partial charge is 0.366 e. The minimum atomic E-state index is -0.406. The van der Waals surface area contributed by atoms with E-state index in [2.05, 4.69) is 18.8 Å². The van der Waals surface area contributed by atoms with Crippen LogP contribution in [0.25, 0.3) is 10.2 Å². The molecule has 0 unspecified atom stereocenters. The molecule has 78 valence electrons. The van der Waals surface area contributed by atoms with Crippen LogP contribution in [0.5, 0.6) is 0 Å². The van der Waals surface area contributed by atoms with Crippen molar-refractivity contribution in [1.82, 2.24) is 4.98 Å². The van der Waals surface area contributed by atoms with Crippen molar-refractivity contribution in [3.8, 4) is 0 Å². The summed E-state index contributed by atoms with van der Waals surface area (Å²) in [5.41, 5.74) is 6.59. The summed E-state index contributed by atoms with van der Waals surface area (Å²) in [6.45, 7) is 4.21. The molecule has 1 amide bonds. The molecule has 1 aromatic carbocycles. The first-order valence-corrected chi connectivity index (χ1v) is 5.60. The lowest BCUT2D eigenvalue weighted by Crippen LogP contribution is -2.10. The summed E-state index contributed by atoms with van der Waals surface area (Å²) < 4.78 is 1.10. The van der Waals surface area contributed by atoms with Crippen molar-refractivity contribution in [1.29, 1.82) is 0 Å². The maximum atomic E-state index is 11.0. The smallest absolute Gasteiger partial charge is 0.248 e. The van der Waals surface area contributed by atoms with Crippen LogP contribution in [0.4, 0.5) is 0 Å². The van der Waals surface area contributed by atoms with Gasteiger partial charge in [-0.1, -0.05) is 13.8 Å². The Morgan fingerprint density at radius 1 is 1.47 bits per heavy atom. The van der Waals surface area contributed by atoms with Crippen LogP contribution in [-0.2, 0) is 0 Å². The lowest BCUT2D eigenvalue weighted by molar-refractivity contribution is 0.100. The molecule has 2 aromatic rings. The topological polar surface area (TPSA) is 56.0 Å². The first kappa shape index (κ1) is 10.1. The maximum Gasteiger partial charge on any atom is 0.248 e. The number of carbonyl (C=O) groups excluding carboxylic acids is 1. The summed E-state index contributed by atoms with van der Waals surface area (Å²) >= 11 is 1.66. The second-order valence-corrected chi connectivity index (χ2v) is 4.82.